The van der Waals surface area contributed by atoms with Crippen LogP contribution in [0.15, 0.2) is 48.5 Å². The van der Waals surface area contributed by atoms with Crippen LogP contribution in [0.4, 0.5) is 5.69 Å². The Hall–Kier alpha value is -2.42. The molecule has 0 spiro atoms. The highest BCUT2D eigenvalue weighted by atomic mass is 32.2. The molecule has 8 heteroatoms. The standard InChI is InChI=1S/C21H27N3O4S/c1-17-8-9-20(28-2)19(14-17)22-21(25)15-23-10-12-24(13-11-23)29(26,27)16-18-6-4-3-5-7-18/h3-9,14H,10-13,15-16H2,1-2H3,(H,22,25). The fraction of sp³-hybridized carbons (Fsp3) is 0.381. The van der Waals surface area contributed by atoms with Crippen molar-refractivity contribution in [3.8, 4) is 5.75 Å². The van der Waals surface area contributed by atoms with E-state index in [0.717, 1.165) is 11.1 Å². The van der Waals surface area contributed by atoms with Gasteiger partial charge in [-0.1, -0.05) is 36.4 Å². The van der Waals surface area contributed by atoms with Crippen LogP contribution < -0.4 is 10.1 Å². The molecule has 1 N–H and O–H groups in total. The lowest BCUT2D eigenvalue weighted by Crippen LogP contribution is -2.50. The zero-order valence-electron chi connectivity index (χ0n) is 16.8. The molecule has 0 unspecified atom stereocenters. The van der Waals surface area contributed by atoms with E-state index in [0.29, 0.717) is 37.6 Å². The van der Waals surface area contributed by atoms with E-state index >= 15 is 0 Å². The van der Waals surface area contributed by atoms with Crippen molar-refractivity contribution in [3.63, 3.8) is 0 Å². The van der Waals surface area contributed by atoms with E-state index in [9.17, 15) is 13.2 Å². The number of aryl methyl sites for hydroxylation is 1. The third-order valence-electron chi connectivity index (χ3n) is 4.91. The molecule has 1 saturated heterocycles. The monoisotopic (exact) mass is 417 g/mol. The van der Waals surface area contributed by atoms with E-state index in [2.05, 4.69) is 5.32 Å². The van der Waals surface area contributed by atoms with E-state index in [1.165, 1.54) is 4.31 Å². The van der Waals surface area contributed by atoms with Gasteiger partial charge in [-0.3, -0.25) is 9.69 Å². The van der Waals surface area contributed by atoms with Crippen molar-refractivity contribution in [3.05, 3.63) is 59.7 Å². The molecule has 0 bridgehead atoms. The number of benzene rings is 2. The van der Waals surface area contributed by atoms with E-state index in [-0.39, 0.29) is 18.2 Å². The van der Waals surface area contributed by atoms with Gasteiger partial charge in [0.15, 0.2) is 0 Å². The van der Waals surface area contributed by atoms with Gasteiger partial charge in [-0.25, -0.2) is 8.42 Å². The van der Waals surface area contributed by atoms with Crippen LogP contribution in [0.2, 0.25) is 0 Å². The first kappa shape index (κ1) is 21.3. The van der Waals surface area contributed by atoms with Gasteiger partial charge in [0, 0.05) is 26.2 Å². The molecule has 2 aromatic rings. The van der Waals surface area contributed by atoms with Gasteiger partial charge >= 0.3 is 0 Å². The van der Waals surface area contributed by atoms with Crippen LogP contribution >= 0.6 is 0 Å². The number of piperazine rings is 1. The molecular formula is C21H27N3O4S. The number of hydrogen-bond acceptors (Lipinski definition) is 5. The van der Waals surface area contributed by atoms with Crippen LogP contribution in [0.3, 0.4) is 0 Å². The third-order valence-corrected chi connectivity index (χ3v) is 6.76. The number of methoxy groups -OCH3 is 1. The summed E-state index contributed by atoms with van der Waals surface area (Å²) in [5, 5.41) is 2.89. The summed E-state index contributed by atoms with van der Waals surface area (Å²) < 4.78 is 32.1. The normalized spacial score (nSPS) is 15.8. The van der Waals surface area contributed by atoms with Gasteiger partial charge in [0.2, 0.25) is 15.9 Å². The zero-order valence-corrected chi connectivity index (χ0v) is 17.6. The van der Waals surface area contributed by atoms with Crippen LogP contribution in [0, 0.1) is 6.92 Å². The number of hydrogen-bond donors (Lipinski definition) is 1. The first-order valence-corrected chi connectivity index (χ1v) is 11.2. The summed E-state index contributed by atoms with van der Waals surface area (Å²) in [4.78, 5) is 14.4. The number of sulfonamides is 1. The van der Waals surface area contributed by atoms with Gasteiger partial charge in [0.1, 0.15) is 5.75 Å². The van der Waals surface area contributed by atoms with Crippen molar-refractivity contribution in [2.45, 2.75) is 12.7 Å². The smallest absolute Gasteiger partial charge is 0.238 e. The van der Waals surface area contributed by atoms with E-state index in [4.69, 9.17) is 4.74 Å². The first-order chi connectivity index (χ1) is 13.9. The largest absolute Gasteiger partial charge is 0.495 e. The molecule has 1 fully saturated rings. The van der Waals surface area contributed by atoms with Crippen LogP contribution in [-0.4, -0.2) is 63.4 Å². The number of rotatable bonds is 7. The molecule has 7 nitrogen and oxygen atoms in total. The molecule has 3 rings (SSSR count). The average molecular weight is 418 g/mol. The summed E-state index contributed by atoms with van der Waals surface area (Å²) in [6.07, 6.45) is 0. The lowest BCUT2D eigenvalue weighted by Gasteiger charge is -2.33. The Kier molecular flexibility index (Phi) is 6.89. The van der Waals surface area contributed by atoms with Gasteiger partial charge in [0.05, 0.1) is 25.1 Å². The highest BCUT2D eigenvalue weighted by molar-refractivity contribution is 7.88. The van der Waals surface area contributed by atoms with Crippen LogP contribution in [0.5, 0.6) is 5.75 Å². The summed E-state index contributed by atoms with van der Waals surface area (Å²) in [6.45, 7) is 3.97. The fourth-order valence-corrected chi connectivity index (χ4v) is 4.87. The lowest BCUT2D eigenvalue weighted by atomic mass is 10.2. The Morgan fingerprint density at radius 3 is 2.41 bits per heavy atom. The molecular weight excluding hydrogens is 390 g/mol. The number of carbonyl (C=O) groups excluding carboxylic acids is 1. The topological polar surface area (TPSA) is 79.0 Å². The third kappa shape index (κ3) is 5.79. The number of amides is 1. The SMILES string of the molecule is COc1ccc(C)cc1NC(=O)CN1CCN(S(=O)(=O)Cc2ccccc2)CC1. The Balaban J connectivity index is 1.52. The highest BCUT2D eigenvalue weighted by Gasteiger charge is 2.27. The summed E-state index contributed by atoms with van der Waals surface area (Å²) in [7, 11) is -1.80. The molecule has 1 amide bonds. The second-order valence-electron chi connectivity index (χ2n) is 7.17. The van der Waals surface area contributed by atoms with Crippen molar-refractivity contribution >= 4 is 21.6 Å². The molecule has 0 radical (unpaired) electrons. The Morgan fingerprint density at radius 1 is 1.07 bits per heavy atom. The van der Waals surface area contributed by atoms with Gasteiger partial charge in [-0.05, 0) is 30.2 Å². The molecule has 1 aliphatic heterocycles. The second-order valence-corrected chi connectivity index (χ2v) is 9.14. The number of anilines is 1. The van der Waals surface area contributed by atoms with Crippen LogP contribution in [0.25, 0.3) is 0 Å². The summed E-state index contributed by atoms with van der Waals surface area (Å²) in [5.74, 6) is 0.469. The molecule has 156 valence electrons. The zero-order chi connectivity index (χ0) is 20.9. The number of carbonyl (C=O) groups is 1. The predicted molar refractivity (Wildman–Crippen MR) is 113 cm³/mol. The van der Waals surface area contributed by atoms with Crippen LogP contribution in [-0.2, 0) is 20.6 Å². The van der Waals surface area contributed by atoms with Crippen molar-refractivity contribution in [1.29, 1.82) is 0 Å². The molecule has 0 aromatic heterocycles. The molecule has 1 aliphatic rings. The molecule has 2 aromatic carbocycles. The number of nitrogens with zero attached hydrogens (tertiary/aromatic N) is 2. The van der Waals surface area contributed by atoms with E-state index in [1.807, 2.05) is 60.4 Å². The summed E-state index contributed by atoms with van der Waals surface area (Å²) in [6, 6.07) is 14.8. The van der Waals surface area contributed by atoms with E-state index < -0.39 is 10.0 Å². The maximum absolute atomic E-state index is 12.6. The minimum Gasteiger partial charge on any atom is -0.495 e. The predicted octanol–water partition coefficient (Wildman–Crippen LogP) is 2.09. The molecule has 1 heterocycles. The van der Waals surface area contributed by atoms with Crippen molar-refractivity contribution in [2.75, 3.05) is 45.2 Å². The summed E-state index contributed by atoms with van der Waals surface area (Å²) in [5.41, 5.74) is 2.45. The molecule has 0 aliphatic carbocycles. The Morgan fingerprint density at radius 2 is 1.76 bits per heavy atom. The van der Waals surface area contributed by atoms with Crippen LogP contribution in [0.1, 0.15) is 11.1 Å². The van der Waals surface area contributed by atoms with Crippen molar-refractivity contribution < 1.29 is 17.9 Å². The van der Waals surface area contributed by atoms with Crippen molar-refractivity contribution in [1.82, 2.24) is 9.21 Å². The van der Waals surface area contributed by atoms with Gasteiger partial charge in [-0.15, -0.1) is 0 Å². The maximum atomic E-state index is 12.6. The van der Waals surface area contributed by atoms with Gasteiger partial charge in [-0.2, -0.15) is 4.31 Å². The number of nitrogens with one attached hydrogen (secondary N) is 1. The maximum Gasteiger partial charge on any atom is 0.238 e. The van der Waals surface area contributed by atoms with Gasteiger partial charge < -0.3 is 10.1 Å². The highest BCUT2D eigenvalue weighted by Crippen LogP contribution is 2.25. The van der Waals surface area contributed by atoms with E-state index in [1.54, 1.807) is 7.11 Å². The van der Waals surface area contributed by atoms with Gasteiger partial charge in [0.25, 0.3) is 0 Å². The second kappa shape index (κ2) is 9.39. The minimum absolute atomic E-state index is 0.00147. The quantitative estimate of drug-likeness (QED) is 0.746. The molecule has 29 heavy (non-hydrogen) atoms. The lowest BCUT2D eigenvalue weighted by molar-refractivity contribution is -0.117. The Labute approximate surface area is 172 Å². The minimum atomic E-state index is -3.36. The number of ether oxygens (including phenoxy) is 1. The Bertz CT molecular complexity index is 940. The molecule has 0 saturated carbocycles. The first-order valence-electron chi connectivity index (χ1n) is 9.56. The fourth-order valence-electron chi connectivity index (χ4n) is 3.35. The average Bonchev–Trinajstić information content (AvgIpc) is 2.69. The van der Waals surface area contributed by atoms with Crippen molar-refractivity contribution in [2.24, 2.45) is 0 Å². The molecule has 0 atom stereocenters. The summed E-state index contributed by atoms with van der Waals surface area (Å²) >= 11 is 0.